The summed E-state index contributed by atoms with van der Waals surface area (Å²) in [7, 11) is 0. The molecular formula is C23H15ClFN5O2. The maximum absolute atomic E-state index is 13.3. The Labute approximate surface area is 185 Å². The van der Waals surface area contributed by atoms with Gasteiger partial charge in [0.15, 0.2) is 0 Å². The van der Waals surface area contributed by atoms with E-state index < -0.39 is 11.8 Å². The van der Waals surface area contributed by atoms with Crippen LogP contribution in [0.5, 0.6) is 0 Å². The van der Waals surface area contributed by atoms with Crippen LogP contribution in [0.1, 0.15) is 0 Å². The Bertz CT molecular complexity index is 1510. The van der Waals surface area contributed by atoms with Gasteiger partial charge in [-0.2, -0.15) is 0 Å². The Morgan fingerprint density at radius 1 is 0.938 bits per heavy atom. The third kappa shape index (κ3) is 3.67. The number of hydrogen-bond donors (Lipinski definition) is 4. The number of hydrogen-bond acceptors (Lipinski definition) is 3. The van der Waals surface area contributed by atoms with Crippen LogP contribution in [-0.2, 0) is 0 Å². The number of H-pyrrole nitrogens is 2. The zero-order chi connectivity index (χ0) is 22.2. The SMILES string of the molecule is O=C(Nc1ccc(F)c(Cl)c1)Nc1ccc2nc(-c3c4cccccc-4[nH]c3=O)[nH]c2c1. The van der Waals surface area contributed by atoms with Gasteiger partial charge in [-0.25, -0.2) is 14.2 Å². The van der Waals surface area contributed by atoms with Gasteiger partial charge in [0.05, 0.1) is 21.6 Å². The maximum Gasteiger partial charge on any atom is 0.323 e. The predicted molar refractivity (Wildman–Crippen MR) is 123 cm³/mol. The van der Waals surface area contributed by atoms with Gasteiger partial charge in [0.25, 0.3) is 5.56 Å². The number of imidazole rings is 1. The molecule has 0 unspecified atom stereocenters. The molecule has 0 saturated carbocycles. The van der Waals surface area contributed by atoms with E-state index in [1.807, 2.05) is 30.3 Å². The molecule has 4 N–H and O–H groups in total. The molecule has 1 aliphatic heterocycles. The number of nitrogens with one attached hydrogen (secondary N) is 4. The van der Waals surface area contributed by atoms with Crippen molar-refractivity contribution in [3.05, 3.63) is 87.9 Å². The Morgan fingerprint density at radius 2 is 1.69 bits per heavy atom. The molecule has 0 atom stereocenters. The largest absolute Gasteiger partial charge is 0.338 e. The van der Waals surface area contributed by atoms with E-state index in [1.165, 1.54) is 18.2 Å². The summed E-state index contributed by atoms with van der Waals surface area (Å²) in [5.74, 6) is -0.131. The molecule has 0 fully saturated rings. The van der Waals surface area contributed by atoms with Crippen molar-refractivity contribution < 1.29 is 9.18 Å². The summed E-state index contributed by atoms with van der Waals surface area (Å²) in [6.45, 7) is 0. The van der Waals surface area contributed by atoms with Crippen molar-refractivity contribution in [1.29, 1.82) is 0 Å². The van der Waals surface area contributed by atoms with Crippen molar-refractivity contribution in [1.82, 2.24) is 15.0 Å². The number of halogens is 2. The van der Waals surface area contributed by atoms with Crippen LogP contribution in [-0.4, -0.2) is 21.0 Å². The first-order valence-corrected chi connectivity index (χ1v) is 10.00. The van der Waals surface area contributed by atoms with Crippen LogP contribution in [0.25, 0.3) is 33.7 Å². The molecule has 2 aliphatic rings. The normalized spacial score (nSPS) is 11.1. The number of carbonyl (C=O) groups excluding carboxylic acids is 1. The average Bonchev–Trinajstić information content (AvgIpc) is 3.22. The second-order valence-corrected chi connectivity index (χ2v) is 7.50. The van der Waals surface area contributed by atoms with Gasteiger partial charge in [0, 0.05) is 22.6 Å². The zero-order valence-electron chi connectivity index (χ0n) is 16.4. The number of nitrogens with zero attached hydrogens (tertiary/aromatic N) is 1. The highest BCUT2D eigenvalue weighted by molar-refractivity contribution is 6.31. The molecule has 2 aromatic carbocycles. The molecule has 9 heteroatoms. The lowest BCUT2D eigenvalue weighted by Crippen LogP contribution is -2.19. The second-order valence-electron chi connectivity index (χ2n) is 7.09. The number of urea groups is 1. The van der Waals surface area contributed by atoms with Crippen LogP contribution < -0.4 is 16.2 Å². The van der Waals surface area contributed by atoms with Crippen molar-refractivity contribution in [3.8, 4) is 22.6 Å². The predicted octanol–water partition coefficient (Wildman–Crippen LogP) is 5.46. The highest BCUT2D eigenvalue weighted by atomic mass is 35.5. The first kappa shape index (κ1) is 19.8. The van der Waals surface area contributed by atoms with E-state index in [-0.39, 0.29) is 10.6 Å². The van der Waals surface area contributed by atoms with Crippen LogP contribution in [0.15, 0.2) is 71.5 Å². The topological polar surface area (TPSA) is 103 Å². The number of aromatic amines is 2. The Kier molecular flexibility index (Phi) is 4.84. The molecule has 0 bridgehead atoms. The summed E-state index contributed by atoms with van der Waals surface area (Å²) in [5.41, 5.74) is 3.85. The quantitative estimate of drug-likeness (QED) is 0.295. The molecule has 1 aliphatic carbocycles. The van der Waals surface area contributed by atoms with Gasteiger partial charge in [0.1, 0.15) is 11.6 Å². The zero-order valence-corrected chi connectivity index (χ0v) is 17.1. The van der Waals surface area contributed by atoms with E-state index in [9.17, 15) is 14.0 Å². The van der Waals surface area contributed by atoms with Crippen molar-refractivity contribution in [2.45, 2.75) is 0 Å². The van der Waals surface area contributed by atoms with E-state index in [4.69, 9.17) is 11.6 Å². The standard InChI is InChI=1S/C23H15ClFN5O2/c24-15-10-12(6-8-16(15)25)26-23(32)27-13-7-9-18-19(11-13)29-21(28-18)20-14-4-2-1-3-5-17(14)30-22(20)31/h1-11H,(H,28,29)(H,30,31)(H2,26,27,32). The molecule has 3 aromatic rings. The summed E-state index contributed by atoms with van der Waals surface area (Å²) >= 11 is 5.74. The number of benzene rings is 2. The third-order valence-electron chi connectivity index (χ3n) is 4.94. The molecule has 2 heterocycles. The summed E-state index contributed by atoms with van der Waals surface area (Å²) in [5, 5.41) is 5.21. The molecule has 158 valence electrons. The fraction of sp³-hybridized carbons (Fsp3) is 0. The van der Waals surface area contributed by atoms with Crippen LogP contribution in [0, 0.1) is 5.82 Å². The third-order valence-corrected chi connectivity index (χ3v) is 5.23. The summed E-state index contributed by atoms with van der Waals surface area (Å²) < 4.78 is 13.3. The van der Waals surface area contributed by atoms with E-state index in [2.05, 4.69) is 25.6 Å². The minimum Gasteiger partial charge on any atom is -0.338 e. The molecule has 32 heavy (non-hydrogen) atoms. The van der Waals surface area contributed by atoms with Gasteiger partial charge < -0.3 is 20.6 Å². The van der Waals surface area contributed by atoms with E-state index in [0.29, 0.717) is 33.8 Å². The molecule has 0 spiro atoms. The van der Waals surface area contributed by atoms with E-state index in [0.717, 1.165) is 11.3 Å². The van der Waals surface area contributed by atoms with Gasteiger partial charge in [-0.15, -0.1) is 0 Å². The van der Waals surface area contributed by atoms with Crippen molar-refractivity contribution in [2.24, 2.45) is 0 Å². The van der Waals surface area contributed by atoms with Crippen molar-refractivity contribution in [3.63, 3.8) is 0 Å². The number of aromatic nitrogens is 3. The van der Waals surface area contributed by atoms with Crippen molar-refractivity contribution in [2.75, 3.05) is 10.6 Å². The summed E-state index contributed by atoms with van der Waals surface area (Å²) in [6.07, 6.45) is 0. The Hall–Kier alpha value is -4.17. The molecule has 0 radical (unpaired) electrons. The van der Waals surface area contributed by atoms with Crippen molar-refractivity contribution >= 4 is 40.0 Å². The van der Waals surface area contributed by atoms with Gasteiger partial charge in [0.2, 0.25) is 0 Å². The van der Waals surface area contributed by atoms with E-state index >= 15 is 0 Å². The van der Waals surface area contributed by atoms with E-state index in [1.54, 1.807) is 18.2 Å². The van der Waals surface area contributed by atoms with Crippen LogP contribution in [0.3, 0.4) is 0 Å². The second kappa shape index (κ2) is 7.82. The number of carbonyl (C=O) groups is 1. The van der Waals surface area contributed by atoms with Gasteiger partial charge in [-0.1, -0.05) is 35.9 Å². The minimum atomic E-state index is -0.566. The average molecular weight is 448 g/mol. The highest BCUT2D eigenvalue weighted by Crippen LogP contribution is 2.29. The van der Waals surface area contributed by atoms with Crippen LogP contribution in [0.2, 0.25) is 5.02 Å². The number of rotatable bonds is 3. The molecule has 2 amide bonds. The summed E-state index contributed by atoms with van der Waals surface area (Å²) in [4.78, 5) is 35.4. The first-order valence-electron chi connectivity index (χ1n) is 9.62. The fourth-order valence-electron chi connectivity index (χ4n) is 3.49. The number of anilines is 2. The lowest BCUT2D eigenvalue weighted by atomic mass is 10.1. The van der Waals surface area contributed by atoms with Gasteiger partial charge in [-0.05, 0) is 42.5 Å². The van der Waals surface area contributed by atoms with Crippen LogP contribution >= 0.6 is 11.6 Å². The monoisotopic (exact) mass is 447 g/mol. The molecule has 0 saturated heterocycles. The lowest BCUT2D eigenvalue weighted by molar-refractivity contribution is 0.262. The molecule has 5 rings (SSSR count). The maximum atomic E-state index is 13.3. The molecular weight excluding hydrogens is 433 g/mol. The Morgan fingerprint density at radius 3 is 2.50 bits per heavy atom. The molecule has 7 nitrogen and oxygen atoms in total. The Balaban J connectivity index is 1.42. The number of amides is 2. The number of fused-ring (bicyclic) bond motifs is 2. The highest BCUT2D eigenvalue weighted by Gasteiger charge is 2.19. The summed E-state index contributed by atoms with van der Waals surface area (Å²) in [6, 6.07) is 17.8. The van der Waals surface area contributed by atoms with Gasteiger partial charge >= 0.3 is 6.03 Å². The van der Waals surface area contributed by atoms with Crippen LogP contribution in [0.4, 0.5) is 20.6 Å². The molecule has 1 aromatic heterocycles. The first-order chi connectivity index (χ1) is 15.5. The fourth-order valence-corrected chi connectivity index (χ4v) is 3.67. The minimum absolute atomic E-state index is 0.0853. The smallest absolute Gasteiger partial charge is 0.323 e. The van der Waals surface area contributed by atoms with Gasteiger partial charge in [-0.3, -0.25) is 4.79 Å². The lowest BCUT2D eigenvalue weighted by Gasteiger charge is -2.08.